The van der Waals surface area contributed by atoms with Crippen molar-refractivity contribution in [3.8, 4) is 0 Å². The van der Waals surface area contributed by atoms with Gasteiger partial charge in [-0.25, -0.2) is 4.98 Å². The molecule has 0 radical (unpaired) electrons. The normalized spacial score (nSPS) is 22.1. The molecule has 9 heteroatoms. The summed E-state index contributed by atoms with van der Waals surface area (Å²) in [6, 6.07) is 20.6. The Bertz CT molecular complexity index is 1450. The fourth-order valence-electron chi connectivity index (χ4n) is 6.86. The lowest BCUT2D eigenvalue weighted by Crippen LogP contribution is -2.45. The molecule has 3 fully saturated rings. The summed E-state index contributed by atoms with van der Waals surface area (Å²) in [6.45, 7) is 5.23. The molecule has 2 aromatic carbocycles. The summed E-state index contributed by atoms with van der Waals surface area (Å²) in [5.41, 5.74) is 11.6. The van der Waals surface area contributed by atoms with Gasteiger partial charge >= 0.3 is 0 Å². The van der Waals surface area contributed by atoms with Crippen LogP contribution in [-0.2, 0) is 6.54 Å². The van der Waals surface area contributed by atoms with E-state index in [4.69, 9.17) is 20.7 Å². The summed E-state index contributed by atoms with van der Waals surface area (Å²) in [5.74, 6) is 1.43. The number of aromatic nitrogens is 4. The monoisotopic (exact) mass is 565 g/mol. The Morgan fingerprint density at radius 3 is 2.29 bits per heavy atom. The number of imidazole rings is 1. The van der Waals surface area contributed by atoms with E-state index >= 15 is 0 Å². The number of benzene rings is 2. The second kappa shape index (κ2) is 12.3. The quantitative estimate of drug-likeness (QED) is 0.251. The van der Waals surface area contributed by atoms with Crippen LogP contribution in [0.1, 0.15) is 63.0 Å². The third-order valence-corrected chi connectivity index (χ3v) is 9.36. The van der Waals surface area contributed by atoms with E-state index in [0.29, 0.717) is 24.1 Å². The maximum absolute atomic E-state index is 6.16. The van der Waals surface area contributed by atoms with Gasteiger partial charge in [0.1, 0.15) is 0 Å². The summed E-state index contributed by atoms with van der Waals surface area (Å²) >= 11 is 0. The summed E-state index contributed by atoms with van der Waals surface area (Å²) in [6.07, 6.45) is 11.0. The summed E-state index contributed by atoms with van der Waals surface area (Å²) in [5, 5.41) is 7.21. The third-order valence-electron chi connectivity index (χ3n) is 9.36. The number of piperazine rings is 1. The average Bonchev–Trinajstić information content (AvgIpc) is 3.70. The summed E-state index contributed by atoms with van der Waals surface area (Å²) in [4.78, 5) is 19.8. The molecule has 0 unspecified atom stereocenters. The Kier molecular flexibility index (Phi) is 7.94. The molecule has 7 rings (SSSR count). The van der Waals surface area contributed by atoms with Crippen LogP contribution in [0.25, 0.3) is 11.2 Å². The molecule has 0 atom stereocenters. The third kappa shape index (κ3) is 6.08. The van der Waals surface area contributed by atoms with Gasteiger partial charge < -0.3 is 25.8 Å². The lowest BCUT2D eigenvalue weighted by molar-refractivity contribution is 0.250. The van der Waals surface area contributed by atoms with Crippen LogP contribution in [0.2, 0.25) is 0 Å². The number of nitrogens with zero attached hydrogens (tertiary/aromatic N) is 6. The first-order valence-corrected chi connectivity index (χ1v) is 15.8. The molecular formula is C33H43N9. The molecule has 1 aliphatic heterocycles. The highest BCUT2D eigenvalue weighted by Gasteiger charge is 2.24. The minimum atomic E-state index is 0.314. The molecule has 1 saturated heterocycles. The number of anilines is 4. The second-order valence-corrected chi connectivity index (χ2v) is 12.3. The minimum Gasteiger partial charge on any atom is -0.369 e. The van der Waals surface area contributed by atoms with Gasteiger partial charge in [-0.15, -0.1) is 0 Å². The van der Waals surface area contributed by atoms with E-state index in [1.54, 1.807) is 0 Å². The smallest absolute Gasteiger partial charge is 0.227 e. The van der Waals surface area contributed by atoms with Crippen LogP contribution in [0, 0.1) is 0 Å². The van der Waals surface area contributed by atoms with E-state index in [-0.39, 0.29) is 0 Å². The SMILES string of the molecule is NC1CCC(Nc2nc(Nc3ccc(N4CCN(Cc5ccccc5)CC4)cc3)c3ncn(C4CCCC4)c3n2)CC1. The van der Waals surface area contributed by atoms with Gasteiger partial charge in [0.15, 0.2) is 17.0 Å². The Labute approximate surface area is 248 Å². The van der Waals surface area contributed by atoms with Crippen molar-refractivity contribution < 1.29 is 0 Å². The highest BCUT2D eigenvalue weighted by Crippen LogP contribution is 2.34. The first-order chi connectivity index (χ1) is 20.7. The van der Waals surface area contributed by atoms with Crippen LogP contribution < -0.4 is 21.3 Å². The number of nitrogens with two attached hydrogens (primary N) is 1. The van der Waals surface area contributed by atoms with Crippen LogP contribution in [0.15, 0.2) is 60.9 Å². The van der Waals surface area contributed by atoms with Crippen molar-refractivity contribution in [2.75, 3.05) is 41.7 Å². The van der Waals surface area contributed by atoms with E-state index in [1.807, 2.05) is 6.33 Å². The highest BCUT2D eigenvalue weighted by atomic mass is 15.3. The van der Waals surface area contributed by atoms with Crippen molar-refractivity contribution in [1.29, 1.82) is 0 Å². The minimum absolute atomic E-state index is 0.314. The predicted octanol–water partition coefficient (Wildman–Crippen LogP) is 5.69. The van der Waals surface area contributed by atoms with Gasteiger partial charge in [0.05, 0.1) is 6.33 Å². The number of fused-ring (bicyclic) bond motifs is 1. The van der Waals surface area contributed by atoms with Gasteiger partial charge in [0.25, 0.3) is 0 Å². The van der Waals surface area contributed by atoms with E-state index < -0.39 is 0 Å². The highest BCUT2D eigenvalue weighted by molar-refractivity contribution is 5.86. The van der Waals surface area contributed by atoms with E-state index in [9.17, 15) is 0 Å². The fraction of sp³-hybridized carbons (Fsp3) is 0.485. The molecule has 220 valence electrons. The molecule has 2 aliphatic carbocycles. The lowest BCUT2D eigenvalue weighted by atomic mass is 9.92. The molecule has 2 aromatic heterocycles. The molecular weight excluding hydrogens is 522 g/mol. The zero-order chi connectivity index (χ0) is 28.3. The van der Waals surface area contributed by atoms with Crippen molar-refractivity contribution >= 4 is 34.3 Å². The lowest BCUT2D eigenvalue weighted by Gasteiger charge is -2.36. The molecule has 0 bridgehead atoms. The van der Waals surface area contributed by atoms with Gasteiger partial charge in [0.2, 0.25) is 5.95 Å². The zero-order valence-corrected chi connectivity index (χ0v) is 24.5. The van der Waals surface area contributed by atoms with Gasteiger partial charge in [-0.05, 0) is 68.4 Å². The first-order valence-electron chi connectivity index (χ1n) is 15.8. The van der Waals surface area contributed by atoms with Crippen molar-refractivity contribution in [3.05, 3.63) is 66.5 Å². The van der Waals surface area contributed by atoms with Crippen LogP contribution in [0.3, 0.4) is 0 Å². The Balaban J connectivity index is 1.06. The Hall–Kier alpha value is -3.69. The molecule has 3 heterocycles. The van der Waals surface area contributed by atoms with Gasteiger partial charge in [-0.2, -0.15) is 9.97 Å². The molecule has 0 spiro atoms. The molecule has 4 aromatic rings. The molecule has 0 amide bonds. The molecule has 4 N–H and O–H groups in total. The maximum Gasteiger partial charge on any atom is 0.227 e. The van der Waals surface area contributed by atoms with E-state index in [1.165, 1.54) is 36.9 Å². The maximum atomic E-state index is 6.16. The fourth-order valence-corrected chi connectivity index (χ4v) is 6.86. The molecule has 2 saturated carbocycles. The van der Waals surface area contributed by atoms with Crippen molar-refractivity contribution in [2.24, 2.45) is 5.73 Å². The molecule has 42 heavy (non-hydrogen) atoms. The number of nitrogens with one attached hydrogen (secondary N) is 2. The van der Waals surface area contributed by atoms with Crippen LogP contribution >= 0.6 is 0 Å². The van der Waals surface area contributed by atoms with Crippen LogP contribution in [0.4, 0.5) is 23.1 Å². The second-order valence-electron chi connectivity index (χ2n) is 12.3. The average molecular weight is 566 g/mol. The Morgan fingerprint density at radius 1 is 0.810 bits per heavy atom. The van der Waals surface area contributed by atoms with Crippen molar-refractivity contribution in [1.82, 2.24) is 24.4 Å². The molecule has 3 aliphatic rings. The van der Waals surface area contributed by atoms with Crippen LogP contribution in [-0.4, -0.2) is 62.7 Å². The number of rotatable bonds is 8. The number of hydrogen-bond donors (Lipinski definition) is 3. The standard InChI is InChI=1S/C33H43N9/c34-25-10-12-27(13-11-25)37-33-38-31(30-32(39-33)42(23-35-30)29-8-4-5-9-29)36-26-14-16-28(17-15-26)41-20-18-40(19-21-41)22-24-6-2-1-3-7-24/h1-3,6-7,14-17,23,25,27,29H,4-5,8-13,18-22,34H2,(H2,36,37,38,39). The van der Waals surface area contributed by atoms with Crippen molar-refractivity contribution in [3.63, 3.8) is 0 Å². The van der Waals surface area contributed by atoms with Gasteiger partial charge in [0, 0.05) is 62.2 Å². The van der Waals surface area contributed by atoms with Crippen LogP contribution in [0.5, 0.6) is 0 Å². The topological polar surface area (TPSA) is 100 Å². The Morgan fingerprint density at radius 2 is 1.55 bits per heavy atom. The van der Waals surface area contributed by atoms with Gasteiger partial charge in [-0.1, -0.05) is 43.2 Å². The van der Waals surface area contributed by atoms with E-state index in [0.717, 1.165) is 81.1 Å². The first kappa shape index (κ1) is 27.2. The zero-order valence-electron chi connectivity index (χ0n) is 24.5. The largest absolute Gasteiger partial charge is 0.369 e. The van der Waals surface area contributed by atoms with Gasteiger partial charge in [-0.3, -0.25) is 4.90 Å². The predicted molar refractivity (Wildman–Crippen MR) is 170 cm³/mol. The number of hydrogen-bond acceptors (Lipinski definition) is 8. The van der Waals surface area contributed by atoms with E-state index in [2.05, 4.69) is 79.6 Å². The van der Waals surface area contributed by atoms with Crippen molar-refractivity contribution in [2.45, 2.75) is 76.0 Å². The summed E-state index contributed by atoms with van der Waals surface area (Å²) in [7, 11) is 0. The summed E-state index contributed by atoms with van der Waals surface area (Å²) < 4.78 is 2.28. The molecule has 9 nitrogen and oxygen atoms in total.